The molecule has 2 atom stereocenters. The molecule has 3 aromatic rings. The Labute approximate surface area is 202 Å². The molecule has 0 spiro atoms. The number of hydrazine groups is 1. The number of methoxy groups -OCH3 is 2. The number of ether oxygens (including phenoxy) is 2. The summed E-state index contributed by atoms with van der Waals surface area (Å²) in [5.74, 6) is 2.49. The highest BCUT2D eigenvalue weighted by Crippen LogP contribution is 2.36. The Morgan fingerprint density at radius 2 is 1.97 bits per heavy atom. The second-order valence-corrected chi connectivity index (χ2v) is 8.69. The van der Waals surface area contributed by atoms with Crippen LogP contribution in [-0.2, 0) is 11.3 Å². The minimum Gasteiger partial charge on any atom is -0.493 e. The third-order valence-electron chi connectivity index (χ3n) is 6.17. The second-order valence-electron chi connectivity index (χ2n) is 8.25. The first-order chi connectivity index (χ1) is 16.5. The summed E-state index contributed by atoms with van der Waals surface area (Å²) in [5.41, 5.74) is 5.95. The summed E-state index contributed by atoms with van der Waals surface area (Å²) in [7, 11) is 3.22. The van der Waals surface area contributed by atoms with Crippen molar-refractivity contribution < 1.29 is 18.7 Å². The summed E-state index contributed by atoms with van der Waals surface area (Å²) in [6.45, 7) is 2.18. The van der Waals surface area contributed by atoms with Crippen LogP contribution < -0.4 is 14.9 Å². The van der Waals surface area contributed by atoms with E-state index in [9.17, 15) is 4.79 Å². The molecule has 1 N–H and O–H groups in total. The molecule has 3 heterocycles. The van der Waals surface area contributed by atoms with E-state index < -0.39 is 0 Å². The molecule has 1 fully saturated rings. The van der Waals surface area contributed by atoms with Gasteiger partial charge in [0.25, 0.3) is 5.91 Å². The van der Waals surface area contributed by atoms with Crippen molar-refractivity contribution in [2.45, 2.75) is 32.0 Å². The van der Waals surface area contributed by atoms with E-state index in [0.717, 1.165) is 11.1 Å². The third kappa shape index (κ3) is 4.10. The molecule has 1 saturated heterocycles. The summed E-state index contributed by atoms with van der Waals surface area (Å²) in [5, 5.41) is 2.48. The molecular formula is C25H25ClN4O4. The molecule has 0 radical (unpaired) electrons. The van der Waals surface area contributed by atoms with Crippen molar-refractivity contribution >= 4 is 17.5 Å². The van der Waals surface area contributed by atoms with Crippen LogP contribution in [0.4, 0.5) is 0 Å². The Kier molecular flexibility index (Phi) is 5.93. The number of halogens is 1. The Balaban J connectivity index is 1.31. The smallest absolute Gasteiger partial charge is 0.251 e. The molecule has 2 aromatic carbocycles. The van der Waals surface area contributed by atoms with E-state index in [1.165, 1.54) is 0 Å². The van der Waals surface area contributed by atoms with Crippen LogP contribution in [0.2, 0.25) is 5.02 Å². The summed E-state index contributed by atoms with van der Waals surface area (Å²) in [4.78, 5) is 19.6. The summed E-state index contributed by atoms with van der Waals surface area (Å²) < 4.78 is 16.6. The number of nitrogens with zero attached hydrogens (tertiary/aromatic N) is 3. The fourth-order valence-electron chi connectivity index (χ4n) is 4.34. The number of carbonyl (C=O) groups excluding carboxylic acids is 1. The van der Waals surface area contributed by atoms with E-state index in [1.54, 1.807) is 37.5 Å². The number of oxazole rings is 1. The van der Waals surface area contributed by atoms with Crippen LogP contribution in [-0.4, -0.2) is 41.1 Å². The van der Waals surface area contributed by atoms with Crippen molar-refractivity contribution in [2.75, 3.05) is 14.2 Å². The van der Waals surface area contributed by atoms with Gasteiger partial charge in [0.05, 0.1) is 26.8 Å². The lowest BCUT2D eigenvalue weighted by Crippen LogP contribution is -2.47. The predicted octanol–water partition coefficient (Wildman–Crippen LogP) is 4.45. The topological polar surface area (TPSA) is 80.1 Å². The minimum absolute atomic E-state index is 0.00434. The number of hydrogen-bond acceptors (Lipinski definition) is 7. The van der Waals surface area contributed by atoms with Gasteiger partial charge in [-0.05, 0) is 49.2 Å². The summed E-state index contributed by atoms with van der Waals surface area (Å²) in [6.07, 6.45) is 4.29. The Morgan fingerprint density at radius 3 is 2.74 bits per heavy atom. The number of hydrogen-bond donors (Lipinski definition) is 1. The molecule has 5 rings (SSSR count). The molecule has 2 aliphatic rings. The van der Waals surface area contributed by atoms with Gasteiger partial charge in [-0.1, -0.05) is 23.7 Å². The zero-order valence-corrected chi connectivity index (χ0v) is 19.9. The second kappa shape index (κ2) is 9.04. The highest BCUT2D eigenvalue weighted by molar-refractivity contribution is 6.30. The number of benzene rings is 2. The minimum atomic E-state index is -0.317. The van der Waals surface area contributed by atoms with E-state index in [2.05, 4.69) is 10.4 Å². The largest absolute Gasteiger partial charge is 0.493 e. The van der Waals surface area contributed by atoms with Crippen LogP contribution in [0.3, 0.4) is 0 Å². The lowest BCUT2D eigenvalue weighted by atomic mass is 10.0. The summed E-state index contributed by atoms with van der Waals surface area (Å²) in [6, 6.07) is 12.8. The van der Waals surface area contributed by atoms with E-state index in [-0.39, 0.29) is 18.0 Å². The average Bonchev–Trinajstić information content (AvgIpc) is 3.44. The SMILES string of the molecule is COc1ccc(C2CC3C(=O)N(Cc4nc(-c5cccc(Cl)c5)oc4C)C=CN3N2)cc1OC. The monoisotopic (exact) mass is 480 g/mol. The Morgan fingerprint density at radius 1 is 1.15 bits per heavy atom. The number of rotatable bonds is 6. The lowest BCUT2D eigenvalue weighted by Gasteiger charge is -2.31. The van der Waals surface area contributed by atoms with E-state index in [0.29, 0.717) is 46.8 Å². The van der Waals surface area contributed by atoms with E-state index >= 15 is 0 Å². The highest BCUT2D eigenvalue weighted by atomic mass is 35.5. The lowest BCUT2D eigenvalue weighted by molar-refractivity contribution is -0.135. The van der Waals surface area contributed by atoms with Crippen LogP contribution in [0.25, 0.3) is 11.5 Å². The zero-order chi connectivity index (χ0) is 23.8. The van der Waals surface area contributed by atoms with Gasteiger partial charge in [0.2, 0.25) is 5.89 Å². The number of nitrogens with one attached hydrogen (secondary N) is 1. The van der Waals surface area contributed by atoms with Gasteiger partial charge in [-0.2, -0.15) is 0 Å². The molecule has 1 amide bonds. The number of carbonyl (C=O) groups is 1. The van der Waals surface area contributed by atoms with Gasteiger partial charge < -0.3 is 23.8 Å². The van der Waals surface area contributed by atoms with Crippen LogP contribution in [0.1, 0.15) is 29.5 Å². The maximum atomic E-state index is 13.3. The maximum absolute atomic E-state index is 13.3. The van der Waals surface area contributed by atoms with Crippen LogP contribution in [0.15, 0.2) is 59.3 Å². The fourth-order valence-corrected chi connectivity index (χ4v) is 4.53. The first-order valence-electron chi connectivity index (χ1n) is 10.9. The van der Waals surface area contributed by atoms with Gasteiger partial charge in [-0.15, -0.1) is 0 Å². The van der Waals surface area contributed by atoms with Crippen LogP contribution >= 0.6 is 11.6 Å². The zero-order valence-electron chi connectivity index (χ0n) is 19.1. The van der Waals surface area contributed by atoms with Gasteiger partial charge >= 0.3 is 0 Å². The van der Waals surface area contributed by atoms with Crippen molar-refractivity contribution in [1.82, 2.24) is 20.3 Å². The molecule has 2 aliphatic heterocycles. The van der Waals surface area contributed by atoms with Crippen molar-refractivity contribution in [3.8, 4) is 23.0 Å². The highest BCUT2D eigenvalue weighted by Gasteiger charge is 2.40. The standard InChI is InChI=1S/C25H25ClN4O4/c1-15-20(27-24(34-15)17-5-4-6-18(26)11-17)14-29-9-10-30-21(25(29)31)13-19(28-30)16-7-8-22(32-2)23(12-16)33-3/h4-12,19,21,28H,13-14H2,1-3H3. The van der Waals surface area contributed by atoms with Crippen molar-refractivity contribution in [2.24, 2.45) is 0 Å². The molecule has 8 nitrogen and oxygen atoms in total. The molecule has 1 aromatic heterocycles. The molecule has 34 heavy (non-hydrogen) atoms. The Hall–Kier alpha value is -3.49. The Bertz CT molecular complexity index is 1260. The van der Waals surface area contributed by atoms with E-state index in [1.807, 2.05) is 48.5 Å². The van der Waals surface area contributed by atoms with Crippen molar-refractivity contribution in [3.63, 3.8) is 0 Å². The molecule has 176 valence electrons. The first-order valence-corrected chi connectivity index (χ1v) is 11.3. The average molecular weight is 481 g/mol. The van der Waals surface area contributed by atoms with Gasteiger partial charge in [0.15, 0.2) is 11.5 Å². The van der Waals surface area contributed by atoms with Crippen molar-refractivity contribution in [1.29, 1.82) is 0 Å². The molecule has 0 aliphatic carbocycles. The molecule has 0 saturated carbocycles. The van der Waals surface area contributed by atoms with Crippen LogP contribution in [0, 0.1) is 6.92 Å². The molecule has 0 bridgehead atoms. The van der Waals surface area contributed by atoms with Crippen LogP contribution in [0.5, 0.6) is 11.5 Å². The number of aromatic nitrogens is 1. The van der Waals surface area contributed by atoms with Gasteiger partial charge in [0, 0.05) is 23.0 Å². The van der Waals surface area contributed by atoms with Gasteiger partial charge in [0.1, 0.15) is 17.5 Å². The third-order valence-corrected chi connectivity index (χ3v) is 6.40. The maximum Gasteiger partial charge on any atom is 0.251 e. The van der Waals surface area contributed by atoms with Gasteiger partial charge in [-0.3, -0.25) is 4.79 Å². The van der Waals surface area contributed by atoms with E-state index in [4.69, 9.17) is 25.5 Å². The quantitative estimate of drug-likeness (QED) is 0.558. The molecule has 2 unspecified atom stereocenters. The summed E-state index contributed by atoms with van der Waals surface area (Å²) >= 11 is 6.10. The normalized spacial score (nSPS) is 19.5. The fraction of sp³-hybridized carbons (Fsp3) is 0.280. The number of aryl methyl sites for hydroxylation is 1. The van der Waals surface area contributed by atoms with Crippen molar-refractivity contribution in [3.05, 3.63) is 76.9 Å². The first kappa shape index (κ1) is 22.3. The number of fused-ring (bicyclic) bond motifs is 1. The molecular weight excluding hydrogens is 456 g/mol. The van der Waals surface area contributed by atoms with Gasteiger partial charge in [-0.25, -0.2) is 10.4 Å². The number of amides is 1. The molecule has 9 heteroatoms. The predicted molar refractivity (Wildman–Crippen MR) is 127 cm³/mol.